The van der Waals surface area contributed by atoms with E-state index >= 15 is 0 Å². The number of esters is 1. The number of ether oxygens (including phenoxy) is 1. The Labute approximate surface area is 156 Å². The number of rotatable bonds is 2. The molecule has 1 rings (SSSR count). The van der Waals surface area contributed by atoms with Gasteiger partial charge in [-0.2, -0.15) is 0 Å². The van der Waals surface area contributed by atoms with Gasteiger partial charge in [-0.25, -0.2) is 4.79 Å². The maximum Gasteiger partial charge on any atom is 0.330 e. The monoisotopic (exact) mass is 364 g/mol. The molecule has 1 aliphatic heterocycles. The van der Waals surface area contributed by atoms with Crippen LogP contribution in [-0.4, -0.2) is 40.8 Å². The third kappa shape index (κ3) is 6.89. The van der Waals surface area contributed by atoms with E-state index in [1.54, 1.807) is 24.3 Å². The lowest BCUT2D eigenvalue weighted by Crippen LogP contribution is -2.28. The van der Waals surface area contributed by atoms with Crippen LogP contribution in [0.3, 0.4) is 0 Å². The fourth-order valence-electron chi connectivity index (χ4n) is 3.16. The van der Waals surface area contributed by atoms with Crippen LogP contribution < -0.4 is 0 Å². The molecule has 5 heteroatoms. The van der Waals surface area contributed by atoms with Crippen molar-refractivity contribution in [3.05, 3.63) is 36.5 Å². The van der Waals surface area contributed by atoms with Gasteiger partial charge in [-0.3, -0.25) is 4.79 Å². The predicted octanol–water partition coefficient (Wildman–Crippen LogP) is 2.83. The Morgan fingerprint density at radius 1 is 1.12 bits per heavy atom. The summed E-state index contributed by atoms with van der Waals surface area (Å²) in [5.74, 6) is -1.34. The van der Waals surface area contributed by atoms with Gasteiger partial charge < -0.3 is 14.9 Å². The van der Waals surface area contributed by atoms with Crippen LogP contribution in [0.2, 0.25) is 0 Å². The molecular formula is C21H32O5. The van der Waals surface area contributed by atoms with E-state index in [2.05, 4.69) is 0 Å². The van der Waals surface area contributed by atoms with Gasteiger partial charge in [-0.15, -0.1) is 0 Å². The van der Waals surface area contributed by atoms with Crippen LogP contribution >= 0.6 is 0 Å². The Kier molecular flexibility index (Phi) is 9.52. The molecule has 0 saturated carbocycles. The second-order valence-corrected chi connectivity index (χ2v) is 7.20. The third-order valence-corrected chi connectivity index (χ3v) is 4.96. The van der Waals surface area contributed by atoms with Crippen molar-refractivity contribution in [3.8, 4) is 0 Å². The van der Waals surface area contributed by atoms with E-state index in [-0.39, 0.29) is 36.1 Å². The summed E-state index contributed by atoms with van der Waals surface area (Å²) >= 11 is 0. The minimum atomic E-state index is -0.654. The molecule has 1 aliphatic rings. The Balaban J connectivity index is 3.09. The van der Waals surface area contributed by atoms with Crippen molar-refractivity contribution in [2.75, 3.05) is 6.61 Å². The first-order chi connectivity index (χ1) is 12.3. The average Bonchev–Trinajstić information content (AvgIpc) is 2.62. The summed E-state index contributed by atoms with van der Waals surface area (Å²) in [6.45, 7) is 7.31. The molecule has 0 radical (unpaired) electrons. The van der Waals surface area contributed by atoms with Crippen LogP contribution in [0.25, 0.3) is 0 Å². The lowest BCUT2D eigenvalue weighted by molar-refractivity contribution is -0.145. The number of ketones is 1. The molecule has 0 aromatic rings. The molecule has 1 heterocycles. The topological polar surface area (TPSA) is 83.8 Å². The Morgan fingerprint density at radius 2 is 1.81 bits per heavy atom. The molecular weight excluding hydrogens is 332 g/mol. The zero-order valence-corrected chi connectivity index (χ0v) is 16.2. The van der Waals surface area contributed by atoms with E-state index in [1.165, 1.54) is 12.2 Å². The number of aliphatic hydroxyl groups is 2. The molecule has 1 unspecified atom stereocenters. The Bertz CT molecular complexity index is 549. The first-order valence-electron chi connectivity index (χ1n) is 9.36. The van der Waals surface area contributed by atoms with Crippen LogP contribution in [0.15, 0.2) is 36.5 Å². The lowest BCUT2D eigenvalue weighted by Gasteiger charge is -2.25. The van der Waals surface area contributed by atoms with Gasteiger partial charge in [0.1, 0.15) is 6.10 Å². The fourth-order valence-corrected chi connectivity index (χ4v) is 3.16. The van der Waals surface area contributed by atoms with Crippen LogP contribution in [0.1, 0.15) is 40.5 Å². The van der Waals surface area contributed by atoms with Gasteiger partial charge in [0.15, 0.2) is 5.78 Å². The Hall–Kier alpha value is -1.72. The largest absolute Gasteiger partial charge is 0.459 e. The number of aliphatic hydroxyl groups excluding tert-OH is 2. The second kappa shape index (κ2) is 11.1. The molecule has 0 spiro atoms. The highest BCUT2D eigenvalue weighted by Crippen LogP contribution is 2.23. The van der Waals surface area contributed by atoms with Crippen LogP contribution in [0, 0.1) is 23.7 Å². The second-order valence-electron chi connectivity index (χ2n) is 7.20. The summed E-state index contributed by atoms with van der Waals surface area (Å²) in [6, 6.07) is 0. The predicted molar refractivity (Wildman–Crippen MR) is 101 cm³/mol. The maximum absolute atomic E-state index is 12.2. The summed E-state index contributed by atoms with van der Waals surface area (Å²) in [5.41, 5.74) is 0. The summed E-state index contributed by atoms with van der Waals surface area (Å²) < 4.78 is 5.44. The molecule has 26 heavy (non-hydrogen) atoms. The van der Waals surface area contributed by atoms with Gasteiger partial charge >= 0.3 is 5.97 Å². The average molecular weight is 364 g/mol. The van der Waals surface area contributed by atoms with Gasteiger partial charge in [0, 0.05) is 23.8 Å². The molecule has 0 aromatic heterocycles. The number of allylic oxidation sites excluding steroid dienone is 3. The maximum atomic E-state index is 12.2. The SMILES string of the molecule is CC[C@H]1OC(=O)/C=C/[C@H](C)[C@@H](O)C(C)C[C@@H](C)C(=O)/C=C/C=C/[C@@H]1CO. The van der Waals surface area contributed by atoms with E-state index in [1.807, 2.05) is 27.7 Å². The van der Waals surface area contributed by atoms with E-state index in [9.17, 15) is 19.8 Å². The third-order valence-electron chi connectivity index (χ3n) is 4.96. The van der Waals surface area contributed by atoms with E-state index in [0.29, 0.717) is 12.8 Å². The van der Waals surface area contributed by atoms with Gasteiger partial charge in [0.05, 0.1) is 12.7 Å². The Morgan fingerprint density at radius 3 is 2.42 bits per heavy atom. The number of cyclic esters (lactones) is 1. The van der Waals surface area contributed by atoms with Crippen LogP contribution in [0.4, 0.5) is 0 Å². The van der Waals surface area contributed by atoms with Crippen molar-refractivity contribution >= 4 is 11.8 Å². The zero-order valence-electron chi connectivity index (χ0n) is 16.2. The van der Waals surface area contributed by atoms with Crippen LogP contribution in [0.5, 0.6) is 0 Å². The van der Waals surface area contributed by atoms with Crippen molar-refractivity contribution in [1.29, 1.82) is 0 Å². The van der Waals surface area contributed by atoms with E-state index in [0.717, 1.165) is 0 Å². The molecule has 0 aromatic carbocycles. The lowest BCUT2D eigenvalue weighted by atomic mass is 9.85. The number of hydrogen-bond acceptors (Lipinski definition) is 5. The molecule has 0 aliphatic carbocycles. The van der Waals surface area contributed by atoms with Crippen LogP contribution in [-0.2, 0) is 14.3 Å². The normalized spacial score (nSPS) is 38.4. The summed E-state index contributed by atoms with van der Waals surface area (Å²) in [5, 5.41) is 20.0. The minimum Gasteiger partial charge on any atom is -0.459 e. The first-order valence-corrected chi connectivity index (χ1v) is 9.36. The van der Waals surface area contributed by atoms with Gasteiger partial charge in [0.25, 0.3) is 0 Å². The van der Waals surface area contributed by atoms with E-state index < -0.39 is 18.2 Å². The van der Waals surface area contributed by atoms with Crippen molar-refractivity contribution in [3.63, 3.8) is 0 Å². The minimum absolute atomic E-state index is 0.00278. The molecule has 0 saturated heterocycles. The highest BCUT2D eigenvalue weighted by atomic mass is 16.5. The number of carbonyl (C=O) groups excluding carboxylic acids is 2. The molecule has 146 valence electrons. The molecule has 0 amide bonds. The quantitative estimate of drug-likeness (QED) is 0.736. The van der Waals surface area contributed by atoms with Gasteiger partial charge in [0.2, 0.25) is 0 Å². The number of hydrogen-bond donors (Lipinski definition) is 2. The van der Waals surface area contributed by atoms with Crippen molar-refractivity contribution in [2.45, 2.75) is 52.7 Å². The van der Waals surface area contributed by atoms with E-state index in [4.69, 9.17) is 4.74 Å². The van der Waals surface area contributed by atoms with Crippen molar-refractivity contribution in [2.24, 2.45) is 23.7 Å². The highest BCUT2D eigenvalue weighted by Gasteiger charge is 2.24. The zero-order chi connectivity index (χ0) is 19.7. The molecule has 0 bridgehead atoms. The standard InChI is InChI=1S/C21H32O5/c1-5-19-17(13-22)8-6-7-9-18(23)15(3)12-16(4)21(25)14(2)10-11-20(24)26-19/h6-11,14-17,19,21-22,25H,5,12-13H2,1-4H3/b8-6+,9-7+,11-10+/t14-,15+,16?,17+,19+,21+/m0/s1. The number of carbonyl (C=O) groups is 2. The molecule has 0 fully saturated rings. The summed E-state index contributed by atoms with van der Waals surface area (Å²) in [4.78, 5) is 24.3. The molecule has 5 nitrogen and oxygen atoms in total. The fraction of sp³-hybridized carbons (Fsp3) is 0.619. The highest BCUT2D eigenvalue weighted by molar-refractivity contribution is 5.91. The van der Waals surface area contributed by atoms with Gasteiger partial charge in [-0.05, 0) is 24.8 Å². The smallest absolute Gasteiger partial charge is 0.330 e. The summed E-state index contributed by atoms with van der Waals surface area (Å²) in [7, 11) is 0. The molecule has 6 atom stereocenters. The van der Waals surface area contributed by atoms with Crippen molar-refractivity contribution in [1.82, 2.24) is 0 Å². The summed E-state index contributed by atoms with van der Waals surface area (Å²) in [6.07, 6.45) is 9.59. The van der Waals surface area contributed by atoms with Crippen molar-refractivity contribution < 1.29 is 24.5 Å². The molecule has 2 N–H and O–H groups in total. The first kappa shape index (κ1) is 22.3. The van der Waals surface area contributed by atoms with Gasteiger partial charge in [-0.1, -0.05) is 52.0 Å².